The minimum atomic E-state index is 0.0741. The SMILES string of the molecule is C(=C(c1ccccc1)C1CN(Cc2ccccc2)CCO1)c1ccccc1. The molecule has 0 bridgehead atoms. The van der Waals surface area contributed by atoms with Crippen LogP contribution in [0.25, 0.3) is 11.6 Å². The van der Waals surface area contributed by atoms with Crippen LogP contribution in [0.15, 0.2) is 91.0 Å². The Labute approximate surface area is 161 Å². The molecule has 1 atom stereocenters. The monoisotopic (exact) mass is 355 g/mol. The average Bonchev–Trinajstić information content (AvgIpc) is 2.74. The second-order valence-electron chi connectivity index (χ2n) is 6.96. The van der Waals surface area contributed by atoms with Gasteiger partial charge in [0.05, 0.1) is 12.7 Å². The zero-order valence-corrected chi connectivity index (χ0v) is 15.5. The van der Waals surface area contributed by atoms with Crippen LogP contribution >= 0.6 is 0 Å². The number of morpholine rings is 1. The highest BCUT2D eigenvalue weighted by Gasteiger charge is 2.24. The molecule has 1 aliphatic heterocycles. The first-order valence-corrected chi connectivity index (χ1v) is 9.58. The lowest BCUT2D eigenvalue weighted by Crippen LogP contribution is -2.42. The molecular weight excluding hydrogens is 330 g/mol. The molecule has 0 saturated carbocycles. The average molecular weight is 355 g/mol. The lowest BCUT2D eigenvalue weighted by atomic mass is 9.96. The van der Waals surface area contributed by atoms with Crippen LogP contribution in [0.5, 0.6) is 0 Å². The highest BCUT2D eigenvalue weighted by atomic mass is 16.5. The van der Waals surface area contributed by atoms with Gasteiger partial charge in [0.2, 0.25) is 0 Å². The molecule has 4 rings (SSSR count). The van der Waals surface area contributed by atoms with Crippen molar-refractivity contribution in [2.24, 2.45) is 0 Å². The van der Waals surface area contributed by atoms with E-state index in [0.29, 0.717) is 0 Å². The van der Waals surface area contributed by atoms with E-state index in [0.717, 1.165) is 26.2 Å². The van der Waals surface area contributed by atoms with Gasteiger partial charge in [-0.3, -0.25) is 4.90 Å². The summed E-state index contributed by atoms with van der Waals surface area (Å²) in [6, 6.07) is 31.8. The van der Waals surface area contributed by atoms with Crippen LogP contribution in [0.4, 0.5) is 0 Å². The molecule has 1 saturated heterocycles. The second-order valence-corrected chi connectivity index (χ2v) is 6.96. The van der Waals surface area contributed by atoms with Crippen molar-refractivity contribution in [1.82, 2.24) is 4.90 Å². The molecule has 1 fully saturated rings. The fourth-order valence-electron chi connectivity index (χ4n) is 3.60. The molecule has 27 heavy (non-hydrogen) atoms. The molecule has 2 nitrogen and oxygen atoms in total. The Balaban J connectivity index is 1.59. The van der Waals surface area contributed by atoms with E-state index in [4.69, 9.17) is 4.74 Å². The summed E-state index contributed by atoms with van der Waals surface area (Å²) in [5, 5.41) is 0. The van der Waals surface area contributed by atoms with Gasteiger partial charge in [0, 0.05) is 19.6 Å². The molecule has 1 heterocycles. The maximum Gasteiger partial charge on any atom is 0.0958 e. The van der Waals surface area contributed by atoms with Gasteiger partial charge in [-0.2, -0.15) is 0 Å². The highest BCUT2D eigenvalue weighted by molar-refractivity contribution is 5.84. The summed E-state index contributed by atoms with van der Waals surface area (Å²) >= 11 is 0. The minimum absolute atomic E-state index is 0.0741. The lowest BCUT2D eigenvalue weighted by Gasteiger charge is -2.34. The summed E-state index contributed by atoms with van der Waals surface area (Å²) in [5.74, 6) is 0. The van der Waals surface area contributed by atoms with Crippen LogP contribution in [-0.4, -0.2) is 30.7 Å². The number of rotatable bonds is 5. The largest absolute Gasteiger partial charge is 0.371 e. The molecule has 0 aliphatic carbocycles. The quantitative estimate of drug-likeness (QED) is 0.589. The molecule has 0 radical (unpaired) electrons. The second kappa shape index (κ2) is 8.81. The topological polar surface area (TPSA) is 12.5 Å². The van der Waals surface area contributed by atoms with Gasteiger partial charge < -0.3 is 4.74 Å². The third-order valence-electron chi connectivity index (χ3n) is 4.98. The molecular formula is C25H25NO. The number of hydrogen-bond donors (Lipinski definition) is 0. The van der Waals surface area contributed by atoms with Crippen molar-refractivity contribution in [2.75, 3.05) is 19.7 Å². The van der Waals surface area contributed by atoms with Crippen molar-refractivity contribution in [3.63, 3.8) is 0 Å². The first-order valence-electron chi connectivity index (χ1n) is 9.58. The standard InChI is InChI=1S/C25H25NO/c1-4-10-21(11-5-1)18-24(23-14-8-3-9-15-23)25-20-26(16-17-27-25)19-22-12-6-2-7-13-22/h1-15,18,25H,16-17,19-20H2. The van der Waals surface area contributed by atoms with Crippen molar-refractivity contribution < 1.29 is 4.74 Å². The van der Waals surface area contributed by atoms with Crippen LogP contribution in [-0.2, 0) is 11.3 Å². The van der Waals surface area contributed by atoms with E-state index in [1.54, 1.807) is 0 Å². The van der Waals surface area contributed by atoms with Gasteiger partial charge in [-0.1, -0.05) is 91.0 Å². The zero-order valence-electron chi connectivity index (χ0n) is 15.5. The number of benzene rings is 3. The van der Waals surface area contributed by atoms with Gasteiger partial charge in [0.25, 0.3) is 0 Å². The third-order valence-corrected chi connectivity index (χ3v) is 4.98. The van der Waals surface area contributed by atoms with Crippen LogP contribution in [0.3, 0.4) is 0 Å². The summed E-state index contributed by atoms with van der Waals surface area (Å²) < 4.78 is 6.22. The molecule has 136 valence electrons. The number of ether oxygens (including phenoxy) is 1. The lowest BCUT2D eigenvalue weighted by molar-refractivity contribution is -0.00113. The van der Waals surface area contributed by atoms with Crippen LogP contribution in [0.1, 0.15) is 16.7 Å². The zero-order chi connectivity index (χ0) is 18.3. The molecule has 0 aromatic heterocycles. The first kappa shape index (κ1) is 17.7. The molecule has 3 aromatic rings. The number of nitrogens with zero attached hydrogens (tertiary/aromatic N) is 1. The summed E-state index contributed by atoms with van der Waals surface area (Å²) in [6.45, 7) is 3.60. The third kappa shape index (κ3) is 4.73. The van der Waals surface area contributed by atoms with E-state index in [1.807, 2.05) is 0 Å². The van der Waals surface area contributed by atoms with Gasteiger partial charge in [-0.25, -0.2) is 0 Å². The van der Waals surface area contributed by atoms with Gasteiger partial charge in [0.1, 0.15) is 0 Å². The Hall–Kier alpha value is -2.68. The Kier molecular flexibility index (Phi) is 5.78. The van der Waals surface area contributed by atoms with Crippen LogP contribution in [0.2, 0.25) is 0 Å². The predicted octanol–water partition coefficient (Wildman–Crippen LogP) is 5.13. The van der Waals surface area contributed by atoms with E-state index in [-0.39, 0.29) is 6.10 Å². The van der Waals surface area contributed by atoms with Gasteiger partial charge in [-0.15, -0.1) is 0 Å². The van der Waals surface area contributed by atoms with E-state index in [1.165, 1.54) is 22.3 Å². The molecule has 1 unspecified atom stereocenters. The summed E-state index contributed by atoms with van der Waals surface area (Å²) in [7, 11) is 0. The number of hydrogen-bond acceptors (Lipinski definition) is 2. The maximum atomic E-state index is 6.22. The molecule has 2 heteroatoms. The van der Waals surface area contributed by atoms with E-state index < -0.39 is 0 Å². The summed E-state index contributed by atoms with van der Waals surface area (Å²) in [4.78, 5) is 2.49. The Bertz CT molecular complexity index is 859. The van der Waals surface area contributed by atoms with E-state index in [2.05, 4.69) is 102 Å². The molecule has 3 aromatic carbocycles. The van der Waals surface area contributed by atoms with Crippen molar-refractivity contribution >= 4 is 11.6 Å². The van der Waals surface area contributed by atoms with Crippen molar-refractivity contribution in [3.8, 4) is 0 Å². The van der Waals surface area contributed by atoms with Gasteiger partial charge in [0.15, 0.2) is 0 Å². The van der Waals surface area contributed by atoms with Gasteiger partial charge in [-0.05, 0) is 28.3 Å². The molecule has 0 amide bonds. The van der Waals surface area contributed by atoms with E-state index >= 15 is 0 Å². The molecule has 1 aliphatic rings. The Morgan fingerprint density at radius 3 is 2.19 bits per heavy atom. The van der Waals surface area contributed by atoms with Crippen LogP contribution in [0, 0.1) is 0 Å². The van der Waals surface area contributed by atoms with Crippen molar-refractivity contribution in [1.29, 1.82) is 0 Å². The maximum absolute atomic E-state index is 6.22. The Morgan fingerprint density at radius 2 is 1.48 bits per heavy atom. The van der Waals surface area contributed by atoms with Crippen LogP contribution < -0.4 is 0 Å². The summed E-state index contributed by atoms with van der Waals surface area (Å²) in [5.41, 5.74) is 5.04. The molecule has 0 N–H and O–H groups in total. The highest BCUT2D eigenvalue weighted by Crippen LogP contribution is 2.27. The predicted molar refractivity (Wildman–Crippen MR) is 112 cm³/mol. The minimum Gasteiger partial charge on any atom is -0.371 e. The fourth-order valence-corrected chi connectivity index (χ4v) is 3.60. The van der Waals surface area contributed by atoms with Crippen molar-refractivity contribution in [2.45, 2.75) is 12.6 Å². The fraction of sp³-hybridized carbons (Fsp3) is 0.200. The molecule has 0 spiro atoms. The van der Waals surface area contributed by atoms with Crippen molar-refractivity contribution in [3.05, 3.63) is 108 Å². The first-order chi connectivity index (χ1) is 13.4. The Morgan fingerprint density at radius 1 is 0.852 bits per heavy atom. The smallest absolute Gasteiger partial charge is 0.0958 e. The van der Waals surface area contributed by atoms with E-state index in [9.17, 15) is 0 Å². The normalized spacial score (nSPS) is 18.4. The summed E-state index contributed by atoms with van der Waals surface area (Å²) in [6.07, 6.45) is 2.34. The van der Waals surface area contributed by atoms with Gasteiger partial charge >= 0.3 is 0 Å².